The van der Waals surface area contributed by atoms with E-state index in [0.717, 1.165) is 10.0 Å². The second kappa shape index (κ2) is 10.00. The first-order valence-corrected chi connectivity index (χ1v) is 11.2. The van der Waals surface area contributed by atoms with Gasteiger partial charge in [0.25, 0.3) is 5.91 Å². The Kier molecular flexibility index (Phi) is 7.95. The number of sulfonamides is 1. The Morgan fingerprint density at radius 1 is 1.00 bits per heavy atom. The monoisotopic (exact) mass is 482 g/mol. The number of nitrogens with one attached hydrogen (secondary N) is 2. The van der Waals surface area contributed by atoms with E-state index in [9.17, 15) is 18.0 Å². The van der Waals surface area contributed by atoms with Gasteiger partial charge in [-0.25, -0.2) is 13.1 Å². The third kappa shape index (κ3) is 7.26. The average Bonchev–Trinajstić information content (AvgIpc) is 2.63. The van der Waals surface area contributed by atoms with Gasteiger partial charge >= 0.3 is 5.97 Å². The van der Waals surface area contributed by atoms with Crippen LogP contribution in [0.15, 0.2) is 57.9 Å². The van der Waals surface area contributed by atoms with Gasteiger partial charge in [0.15, 0.2) is 6.10 Å². The molecule has 29 heavy (non-hydrogen) atoms. The van der Waals surface area contributed by atoms with Crippen molar-refractivity contribution in [3.8, 4) is 0 Å². The van der Waals surface area contributed by atoms with Gasteiger partial charge in [0.05, 0.1) is 11.3 Å². The second-order valence-electron chi connectivity index (χ2n) is 6.72. The number of halogens is 1. The van der Waals surface area contributed by atoms with Crippen molar-refractivity contribution in [3.05, 3.63) is 58.6 Å². The van der Waals surface area contributed by atoms with Gasteiger partial charge in [-0.3, -0.25) is 9.59 Å². The van der Waals surface area contributed by atoms with E-state index in [-0.39, 0.29) is 17.4 Å². The lowest BCUT2D eigenvalue weighted by atomic mass is 10.1. The SMILES string of the molecule is CC(C)NS(=O)(=O)c1ccc(NC(=O)C(C)OC(=O)Cc2ccc(Br)cc2)cc1. The summed E-state index contributed by atoms with van der Waals surface area (Å²) in [7, 11) is -3.60. The van der Waals surface area contributed by atoms with E-state index in [4.69, 9.17) is 4.74 Å². The van der Waals surface area contributed by atoms with Crippen LogP contribution in [0.4, 0.5) is 5.69 Å². The maximum absolute atomic E-state index is 12.2. The molecule has 0 radical (unpaired) electrons. The van der Waals surface area contributed by atoms with E-state index in [1.165, 1.54) is 31.2 Å². The number of hydrogen-bond acceptors (Lipinski definition) is 5. The molecular formula is C20H23BrN2O5S. The van der Waals surface area contributed by atoms with Crippen LogP contribution in [-0.2, 0) is 30.8 Å². The molecule has 0 aliphatic carbocycles. The third-order valence-corrected chi connectivity index (χ3v) is 5.97. The molecule has 0 aromatic heterocycles. The van der Waals surface area contributed by atoms with Crippen molar-refractivity contribution in [1.29, 1.82) is 0 Å². The number of carbonyl (C=O) groups is 2. The van der Waals surface area contributed by atoms with Gasteiger partial charge in [0.1, 0.15) is 0 Å². The Hall–Kier alpha value is -2.23. The van der Waals surface area contributed by atoms with Crippen molar-refractivity contribution in [2.24, 2.45) is 0 Å². The lowest BCUT2D eigenvalue weighted by Crippen LogP contribution is -2.31. The number of esters is 1. The van der Waals surface area contributed by atoms with Crippen LogP contribution < -0.4 is 10.0 Å². The fraction of sp³-hybridized carbons (Fsp3) is 0.300. The number of benzene rings is 2. The minimum atomic E-state index is -3.60. The summed E-state index contributed by atoms with van der Waals surface area (Å²) in [6, 6.07) is 12.7. The quantitative estimate of drug-likeness (QED) is 0.562. The Labute approximate surface area is 179 Å². The summed E-state index contributed by atoms with van der Waals surface area (Å²) >= 11 is 3.32. The van der Waals surface area contributed by atoms with E-state index in [1.807, 2.05) is 12.1 Å². The Morgan fingerprint density at radius 3 is 2.14 bits per heavy atom. The number of rotatable bonds is 8. The Bertz CT molecular complexity index is 957. The molecule has 1 atom stereocenters. The zero-order valence-electron chi connectivity index (χ0n) is 16.3. The van der Waals surface area contributed by atoms with E-state index in [1.54, 1.807) is 26.0 Å². The van der Waals surface area contributed by atoms with Crippen molar-refractivity contribution < 1.29 is 22.7 Å². The first-order valence-electron chi connectivity index (χ1n) is 8.94. The third-order valence-electron chi connectivity index (χ3n) is 3.76. The predicted molar refractivity (Wildman–Crippen MR) is 114 cm³/mol. The molecule has 7 nitrogen and oxygen atoms in total. The molecule has 2 rings (SSSR count). The summed E-state index contributed by atoms with van der Waals surface area (Å²) < 4.78 is 32.8. The standard InChI is InChI=1S/C20H23BrN2O5S/c1-13(2)23-29(26,27)18-10-8-17(9-11-18)22-20(25)14(3)28-19(24)12-15-4-6-16(21)7-5-15/h4-11,13-14,23H,12H2,1-3H3,(H,22,25). The van der Waals surface area contributed by atoms with E-state index in [2.05, 4.69) is 26.0 Å². The summed E-state index contributed by atoms with van der Waals surface area (Å²) in [5, 5.41) is 2.60. The van der Waals surface area contributed by atoms with Gasteiger partial charge in [-0.2, -0.15) is 0 Å². The lowest BCUT2D eigenvalue weighted by molar-refractivity contribution is -0.152. The normalized spacial score (nSPS) is 12.4. The molecule has 0 fully saturated rings. The summed E-state index contributed by atoms with van der Waals surface area (Å²) in [5.41, 5.74) is 1.17. The zero-order valence-corrected chi connectivity index (χ0v) is 18.7. The van der Waals surface area contributed by atoms with Gasteiger partial charge in [0.2, 0.25) is 10.0 Å². The number of carbonyl (C=O) groups excluding carboxylic acids is 2. The smallest absolute Gasteiger partial charge is 0.311 e. The van der Waals surface area contributed by atoms with E-state index < -0.39 is 28.0 Å². The molecule has 0 aliphatic heterocycles. The van der Waals surface area contributed by atoms with Gasteiger partial charge < -0.3 is 10.1 Å². The fourth-order valence-corrected chi connectivity index (χ4v) is 3.92. The number of ether oxygens (including phenoxy) is 1. The fourth-order valence-electron chi connectivity index (χ4n) is 2.40. The largest absolute Gasteiger partial charge is 0.452 e. The molecule has 0 saturated heterocycles. The minimum absolute atomic E-state index is 0.0559. The van der Waals surface area contributed by atoms with Crippen LogP contribution in [0.2, 0.25) is 0 Å². The molecule has 1 unspecified atom stereocenters. The number of anilines is 1. The lowest BCUT2D eigenvalue weighted by Gasteiger charge is -2.14. The zero-order chi connectivity index (χ0) is 21.6. The minimum Gasteiger partial charge on any atom is -0.452 e. The highest BCUT2D eigenvalue weighted by atomic mass is 79.9. The predicted octanol–water partition coefficient (Wildman–Crippen LogP) is 3.25. The van der Waals surface area contributed by atoms with Crippen LogP contribution in [0.25, 0.3) is 0 Å². The highest BCUT2D eigenvalue weighted by Crippen LogP contribution is 2.15. The molecule has 0 spiro atoms. The summed E-state index contributed by atoms with van der Waals surface area (Å²) in [4.78, 5) is 24.4. The van der Waals surface area contributed by atoms with Crippen molar-refractivity contribution in [1.82, 2.24) is 4.72 Å². The molecule has 1 amide bonds. The van der Waals surface area contributed by atoms with Crippen molar-refractivity contribution >= 4 is 43.5 Å². The molecule has 2 aromatic rings. The summed E-state index contributed by atoms with van der Waals surface area (Å²) in [6.45, 7) is 4.93. The molecule has 0 bridgehead atoms. The van der Waals surface area contributed by atoms with Gasteiger partial charge in [0, 0.05) is 16.2 Å². The molecule has 0 heterocycles. The van der Waals surface area contributed by atoms with Gasteiger partial charge in [-0.15, -0.1) is 0 Å². The number of hydrogen-bond donors (Lipinski definition) is 2. The average molecular weight is 483 g/mol. The molecule has 0 aliphatic rings. The van der Waals surface area contributed by atoms with Crippen molar-refractivity contribution in [2.75, 3.05) is 5.32 Å². The van der Waals surface area contributed by atoms with Crippen LogP contribution in [0.3, 0.4) is 0 Å². The van der Waals surface area contributed by atoms with Crippen LogP contribution in [0.5, 0.6) is 0 Å². The number of amides is 1. The van der Waals surface area contributed by atoms with Crippen molar-refractivity contribution in [3.63, 3.8) is 0 Å². The molecular weight excluding hydrogens is 460 g/mol. The molecule has 2 aromatic carbocycles. The van der Waals surface area contributed by atoms with Crippen LogP contribution in [0, 0.1) is 0 Å². The van der Waals surface area contributed by atoms with Crippen LogP contribution in [-0.4, -0.2) is 32.4 Å². The maximum Gasteiger partial charge on any atom is 0.311 e. The van der Waals surface area contributed by atoms with Crippen LogP contribution in [0.1, 0.15) is 26.3 Å². The molecule has 2 N–H and O–H groups in total. The maximum atomic E-state index is 12.2. The van der Waals surface area contributed by atoms with Crippen molar-refractivity contribution in [2.45, 2.75) is 44.2 Å². The summed E-state index contributed by atoms with van der Waals surface area (Å²) in [6.07, 6.45) is -0.940. The topological polar surface area (TPSA) is 102 Å². The van der Waals surface area contributed by atoms with Gasteiger partial charge in [-0.05, 0) is 62.7 Å². The van der Waals surface area contributed by atoms with E-state index in [0.29, 0.717) is 5.69 Å². The second-order valence-corrected chi connectivity index (χ2v) is 9.35. The molecule has 9 heteroatoms. The Balaban J connectivity index is 1.91. The Morgan fingerprint density at radius 2 is 1.59 bits per heavy atom. The first kappa shape index (κ1) is 23.1. The van der Waals surface area contributed by atoms with Crippen LogP contribution >= 0.6 is 15.9 Å². The highest BCUT2D eigenvalue weighted by Gasteiger charge is 2.19. The molecule has 0 saturated carbocycles. The van der Waals surface area contributed by atoms with E-state index >= 15 is 0 Å². The van der Waals surface area contributed by atoms with Gasteiger partial charge in [-0.1, -0.05) is 28.1 Å². The first-order chi connectivity index (χ1) is 13.6. The molecule has 156 valence electrons. The highest BCUT2D eigenvalue weighted by molar-refractivity contribution is 9.10. The summed E-state index contributed by atoms with van der Waals surface area (Å²) in [5.74, 6) is -1.03.